The lowest BCUT2D eigenvalue weighted by Crippen LogP contribution is -2.53. The van der Waals surface area contributed by atoms with Gasteiger partial charge in [0.2, 0.25) is 5.88 Å². The molecule has 0 atom stereocenters. The van der Waals surface area contributed by atoms with Gasteiger partial charge in [0.1, 0.15) is 5.56 Å². The molecule has 1 saturated heterocycles. The van der Waals surface area contributed by atoms with E-state index in [1.807, 2.05) is 13.8 Å². The fraction of sp³-hybridized carbons (Fsp3) is 0.538. The SMILES string of the molecule is CC(C)COc1ncccc1C(=O)N1CC(O)C1. The zero-order valence-corrected chi connectivity index (χ0v) is 10.7. The molecule has 0 aromatic carbocycles. The molecule has 0 saturated carbocycles. The Morgan fingerprint density at radius 2 is 2.33 bits per heavy atom. The number of ether oxygens (including phenoxy) is 1. The first-order valence-electron chi connectivity index (χ1n) is 6.13. The molecule has 2 rings (SSSR count). The molecule has 0 aliphatic carbocycles. The van der Waals surface area contributed by atoms with Crippen molar-refractivity contribution in [1.29, 1.82) is 0 Å². The summed E-state index contributed by atoms with van der Waals surface area (Å²) in [4.78, 5) is 17.8. The summed E-state index contributed by atoms with van der Waals surface area (Å²) < 4.78 is 5.54. The first-order valence-corrected chi connectivity index (χ1v) is 6.13. The highest BCUT2D eigenvalue weighted by Crippen LogP contribution is 2.20. The Labute approximate surface area is 106 Å². The van der Waals surface area contributed by atoms with E-state index in [2.05, 4.69) is 4.98 Å². The summed E-state index contributed by atoms with van der Waals surface area (Å²) in [6, 6.07) is 3.42. The van der Waals surface area contributed by atoms with Gasteiger partial charge in [0.05, 0.1) is 12.7 Å². The van der Waals surface area contributed by atoms with Crippen LogP contribution in [0.4, 0.5) is 0 Å². The number of amides is 1. The Morgan fingerprint density at radius 3 is 2.94 bits per heavy atom. The number of aromatic nitrogens is 1. The maximum Gasteiger partial charge on any atom is 0.259 e. The fourth-order valence-electron chi connectivity index (χ4n) is 1.71. The standard InChI is InChI=1S/C13H18N2O3/c1-9(2)8-18-12-11(4-3-5-14-12)13(17)15-6-10(16)7-15/h3-5,9-10,16H,6-8H2,1-2H3. The number of likely N-dealkylation sites (tertiary alicyclic amines) is 1. The van der Waals surface area contributed by atoms with Crippen molar-refractivity contribution in [2.45, 2.75) is 20.0 Å². The van der Waals surface area contributed by atoms with E-state index in [9.17, 15) is 9.90 Å². The van der Waals surface area contributed by atoms with Gasteiger partial charge in [0, 0.05) is 19.3 Å². The lowest BCUT2D eigenvalue weighted by molar-refractivity contribution is 0.00557. The summed E-state index contributed by atoms with van der Waals surface area (Å²) in [5, 5.41) is 9.22. The molecule has 1 aliphatic heterocycles. The van der Waals surface area contributed by atoms with Crippen molar-refractivity contribution in [3.63, 3.8) is 0 Å². The largest absolute Gasteiger partial charge is 0.477 e. The Morgan fingerprint density at radius 1 is 1.61 bits per heavy atom. The van der Waals surface area contributed by atoms with E-state index in [1.165, 1.54) is 0 Å². The number of nitrogens with zero attached hydrogens (tertiary/aromatic N) is 2. The molecule has 1 aliphatic rings. The average molecular weight is 250 g/mol. The summed E-state index contributed by atoms with van der Waals surface area (Å²) in [5.74, 6) is 0.616. The highest BCUT2D eigenvalue weighted by atomic mass is 16.5. The number of carbonyl (C=O) groups is 1. The molecule has 0 unspecified atom stereocenters. The molecule has 1 N–H and O–H groups in total. The first kappa shape index (κ1) is 12.8. The van der Waals surface area contributed by atoms with Crippen LogP contribution in [0, 0.1) is 5.92 Å². The van der Waals surface area contributed by atoms with Crippen molar-refractivity contribution in [2.75, 3.05) is 19.7 Å². The monoisotopic (exact) mass is 250 g/mol. The van der Waals surface area contributed by atoms with Crippen LogP contribution in [0.1, 0.15) is 24.2 Å². The third kappa shape index (κ3) is 2.79. The number of rotatable bonds is 4. The van der Waals surface area contributed by atoms with Gasteiger partial charge in [-0.25, -0.2) is 4.98 Å². The minimum Gasteiger partial charge on any atom is -0.477 e. The quantitative estimate of drug-likeness (QED) is 0.863. The van der Waals surface area contributed by atoms with Crippen molar-refractivity contribution in [2.24, 2.45) is 5.92 Å². The Bertz CT molecular complexity index is 428. The van der Waals surface area contributed by atoms with Crippen LogP contribution in [0.3, 0.4) is 0 Å². The summed E-state index contributed by atoms with van der Waals surface area (Å²) >= 11 is 0. The molecule has 1 fully saturated rings. The van der Waals surface area contributed by atoms with Gasteiger partial charge in [0.25, 0.3) is 5.91 Å². The minimum absolute atomic E-state index is 0.132. The second kappa shape index (κ2) is 5.35. The van der Waals surface area contributed by atoms with E-state index in [0.717, 1.165) is 0 Å². The first-order chi connectivity index (χ1) is 8.58. The molecule has 5 heteroatoms. The van der Waals surface area contributed by atoms with Gasteiger partial charge in [-0.3, -0.25) is 4.79 Å². The number of hydrogen-bond donors (Lipinski definition) is 1. The molecule has 1 aromatic rings. The van der Waals surface area contributed by atoms with Crippen molar-refractivity contribution < 1.29 is 14.6 Å². The third-order valence-electron chi connectivity index (χ3n) is 2.70. The second-order valence-electron chi connectivity index (χ2n) is 4.92. The summed E-state index contributed by atoms with van der Waals surface area (Å²) in [7, 11) is 0. The second-order valence-corrected chi connectivity index (χ2v) is 4.92. The van der Waals surface area contributed by atoms with E-state index in [1.54, 1.807) is 23.2 Å². The molecule has 98 valence electrons. The number of β-amino-alcohol motifs (C(OH)–C–C–N with tert-alkyl or cyclic N) is 1. The van der Waals surface area contributed by atoms with Gasteiger partial charge in [-0.1, -0.05) is 13.8 Å². The van der Waals surface area contributed by atoms with Crippen LogP contribution in [0.5, 0.6) is 5.88 Å². The molecule has 1 aromatic heterocycles. The van der Waals surface area contributed by atoms with Crippen LogP contribution in [0.15, 0.2) is 18.3 Å². The van der Waals surface area contributed by atoms with Crippen molar-refractivity contribution in [1.82, 2.24) is 9.88 Å². The number of aliphatic hydroxyl groups is 1. The molecular formula is C13H18N2O3. The molecule has 0 radical (unpaired) electrons. The zero-order chi connectivity index (χ0) is 13.1. The predicted octanol–water partition coefficient (Wildman–Crippen LogP) is 0.933. The van der Waals surface area contributed by atoms with Crippen molar-refractivity contribution >= 4 is 5.91 Å². The normalized spacial score (nSPS) is 15.7. The number of pyridine rings is 1. The van der Waals surface area contributed by atoms with Gasteiger partial charge in [-0.2, -0.15) is 0 Å². The number of carbonyl (C=O) groups excluding carboxylic acids is 1. The van der Waals surface area contributed by atoms with Crippen molar-refractivity contribution in [3.05, 3.63) is 23.9 Å². The number of hydrogen-bond acceptors (Lipinski definition) is 4. The smallest absolute Gasteiger partial charge is 0.259 e. The lowest BCUT2D eigenvalue weighted by atomic mass is 10.1. The highest BCUT2D eigenvalue weighted by Gasteiger charge is 2.31. The fourth-order valence-corrected chi connectivity index (χ4v) is 1.71. The predicted molar refractivity (Wildman–Crippen MR) is 66.5 cm³/mol. The molecule has 1 amide bonds. The van der Waals surface area contributed by atoms with Crippen LogP contribution in [-0.4, -0.2) is 46.7 Å². The van der Waals surface area contributed by atoms with Crippen LogP contribution in [0.25, 0.3) is 0 Å². The lowest BCUT2D eigenvalue weighted by Gasteiger charge is -2.36. The van der Waals surface area contributed by atoms with E-state index in [-0.39, 0.29) is 5.91 Å². The summed E-state index contributed by atoms with van der Waals surface area (Å²) in [6.07, 6.45) is 1.21. The third-order valence-corrected chi connectivity index (χ3v) is 2.70. The molecule has 0 spiro atoms. The Kier molecular flexibility index (Phi) is 3.81. The van der Waals surface area contributed by atoms with E-state index in [4.69, 9.17) is 4.74 Å². The van der Waals surface area contributed by atoms with Gasteiger partial charge in [-0.05, 0) is 18.1 Å². The van der Waals surface area contributed by atoms with Gasteiger partial charge < -0.3 is 14.7 Å². The van der Waals surface area contributed by atoms with Gasteiger partial charge >= 0.3 is 0 Å². The molecular weight excluding hydrogens is 232 g/mol. The maximum absolute atomic E-state index is 12.1. The Balaban J connectivity index is 2.09. The van der Waals surface area contributed by atoms with E-state index in [0.29, 0.717) is 37.1 Å². The van der Waals surface area contributed by atoms with Gasteiger partial charge in [-0.15, -0.1) is 0 Å². The molecule has 0 bridgehead atoms. The Hall–Kier alpha value is -1.62. The maximum atomic E-state index is 12.1. The van der Waals surface area contributed by atoms with Crippen LogP contribution >= 0.6 is 0 Å². The average Bonchev–Trinajstić information content (AvgIpc) is 2.32. The molecule has 2 heterocycles. The van der Waals surface area contributed by atoms with Crippen molar-refractivity contribution in [3.8, 4) is 5.88 Å². The molecule has 5 nitrogen and oxygen atoms in total. The zero-order valence-electron chi connectivity index (χ0n) is 10.7. The highest BCUT2D eigenvalue weighted by molar-refractivity contribution is 5.96. The van der Waals surface area contributed by atoms with Gasteiger partial charge in [0.15, 0.2) is 0 Å². The van der Waals surface area contributed by atoms with E-state index < -0.39 is 6.10 Å². The van der Waals surface area contributed by atoms with Crippen LogP contribution in [0.2, 0.25) is 0 Å². The van der Waals surface area contributed by atoms with Crippen LogP contribution in [-0.2, 0) is 0 Å². The minimum atomic E-state index is -0.398. The summed E-state index contributed by atoms with van der Waals surface area (Å²) in [6.45, 7) is 5.38. The van der Waals surface area contributed by atoms with Crippen LogP contribution < -0.4 is 4.74 Å². The molecule has 18 heavy (non-hydrogen) atoms. The number of aliphatic hydroxyl groups excluding tert-OH is 1. The van der Waals surface area contributed by atoms with E-state index >= 15 is 0 Å². The topological polar surface area (TPSA) is 62.7 Å². The summed E-state index contributed by atoms with van der Waals surface area (Å²) in [5.41, 5.74) is 0.463.